The molecule has 0 spiro atoms. The Hall–Kier alpha value is -2.73. The Balaban J connectivity index is 1.51. The van der Waals surface area contributed by atoms with Gasteiger partial charge in [0.2, 0.25) is 0 Å². The van der Waals surface area contributed by atoms with E-state index in [2.05, 4.69) is 31.2 Å². The quantitative estimate of drug-likeness (QED) is 0.687. The van der Waals surface area contributed by atoms with Crippen molar-refractivity contribution in [3.05, 3.63) is 88.4 Å². The van der Waals surface area contributed by atoms with E-state index < -0.39 is 0 Å². The van der Waals surface area contributed by atoms with Crippen molar-refractivity contribution in [2.24, 2.45) is 0 Å². The van der Waals surface area contributed by atoms with Gasteiger partial charge in [0.15, 0.2) is 0 Å². The number of rotatable bonds is 6. The second kappa shape index (κ2) is 8.39. The Labute approximate surface area is 154 Å². The predicted octanol–water partition coefficient (Wildman–Crippen LogP) is 3.75. The highest BCUT2D eigenvalue weighted by Gasteiger charge is 2.06. The first-order valence-corrected chi connectivity index (χ1v) is 8.49. The Bertz CT molecular complexity index is 839. The van der Waals surface area contributed by atoms with Gasteiger partial charge in [-0.1, -0.05) is 18.2 Å². The molecule has 1 amide bonds. The molecular formula is C19H16BrN3O2. The van der Waals surface area contributed by atoms with E-state index in [-0.39, 0.29) is 5.91 Å². The van der Waals surface area contributed by atoms with Crippen molar-refractivity contribution in [3.63, 3.8) is 0 Å². The summed E-state index contributed by atoms with van der Waals surface area (Å²) in [4.78, 5) is 20.1. The fourth-order valence-corrected chi connectivity index (χ4v) is 2.54. The highest BCUT2D eigenvalue weighted by Crippen LogP contribution is 2.14. The van der Waals surface area contributed by atoms with Gasteiger partial charge in [-0.15, -0.1) is 0 Å². The second-order valence-electron chi connectivity index (χ2n) is 5.37. The van der Waals surface area contributed by atoms with Crippen LogP contribution < -0.4 is 10.1 Å². The van der Waals surface area contributed by atoms with E-state index >= 15 is 0 Å². The minimum atomic E-state index is -0.161. The molecule has 0 aliphatic heterocycles. The van der Waals surface area contributed by atoms with Crippen LogP contribution >= 0.6 is 15.9 Å². The van der Waals surface area contributed by atoms with Crippen LogP contribution in [0.3, 0.4) is 0 Å². The van der Waals surface area contributed by atoms with E-state index in [9.17, 15) is 4.79 Å². The van der Waals surface area contributed by atoms with E-state index in [0.717, 1.165) is 21.3 Å². The summed E-state index contributed by atoms with van der Waals surface area (Å²) in [6, 6.07) is 13.2. The third-order valence-electron chi connectivity index (χ3n) is 3.47. The van der Waals surface area contributed by atoms with E-state index in [1.807, 2.05) is 36.4 Å². The topological polar surface area (TPSA) is 64.1 Å². The van der Waals surface area contributed by atoms with Crippen LogP contribution in [0.1, 0.15) is 21.5 Å². The summed E-state index contributed by atoms with van der Waals surface area (Å²) >= 11 is 3.31. The molecule has 0 aliphatic carbocycles. The first kappa shape index (κ1) is 17.1. The molecule has 0 aliphatic rings. The lowest BCUT2D eigenvalue weighted by Gasteiger charge is -2.08. The Morgan fingerprint density at radius 1 is 1.04 bits per heavy atom. The lowest BCUT2D eigenvalue weighted by Crippen LogP contribution is -2.22. The number of hydrogen-bond donors (Lipinski definition) is 1. The van der Waals surface area contributed by atoms with Crippen LogP contribution in [0.4, 0.5) is 0 Å². The molecule has 3 aromatic rings. The molecule has 2 heterocycles. The predicted molar refractivity (Wildman–Crippen MR) is 98.1 cm³/mol. The lowest BCUT2D eigenvalue weighted by atomic mass is 10.2. The number of nitrogens with zero attached hydrogens (tertiary/aromatic N) is 2. The normalized spacial score (nSPS) is 10.3. The SMILES string of the molecule is O=C(NCc1ccc(OCc2cccnc2)cc1)c1cncc(Br)c1. The minimum absolute atomic E-state index is 0.161. The zero-order chi connectivity index (χ0) is 17.5. The van der Waals surface area contributed by atoms with Gasteiger partial charge in [-0.05, 0) is 45.8 Å². The number of halogens is 1. The molecule has 2 aromatic heterocycles. The van der Waals surface area contributed by atoms with Gasteiger partial charge < -0.3 is 10.1 Å². The van der Waals surface area contributed by atoms with Gasteiger partial charge >= 0.3 is 0 Å². The van der Waals surface area contributed by atoms with Crippen LogP contribution in [0.2, 0.25) is 0 Å². The smallest absolute Gasteiger partial charge is 0.253 e. The average Bonchev–Trinajstić information content (AvgIpc) is 2.66. The molecular weight excluding hydrogens is 382 g/mol. The summed E-state index contributed by atoms with van der Waals surface area (Å²) in [5, 5.41) is 2.87. The van der Waals surface area contributed by atoms with Gasteiger partial charge in [0.05, 0.1) is 5.56 Å². The molecule has 25 heavy (non-hydrogen) atoms. The monoisotopic (exact) mass is 397 g/mol. The first-order valence-electron chi connectivity index (χ1n) is 7.70. The molecule has 0 atom stereocenters. The summed E-state index contributed by atoms with van der Waals surface area (Å²) in [7, 11) is 0. The number of pyridine rings is 2. The van der Waals surface area contributed by atoms with Crippen molar-refractivity contribution in [2.75, 3.05) is 0 Å². The number of hydrogen-bond acceptors (Lipinski definition) is 4. The molecule has 0 fully saturated rings. The minimum Gasteiger partial charge on any atom is -0.489 e. The maximum Gasteiger partial charge on any atom is 0.253 e. The molecule has 1 N–H and O–H groups in total. The van der Waals surface area contributed by atoms with E-state index in [1.54, 1.807) is 24.7 Å². The lowest BCUT2D eigenvalue weighted by molar-refractivity contribution is 0.0950. The van der Waals surface area contributed by atoms with Crippen LogP contribution in [0.5, 0.6) is 5.75 Å². The standard InChI is InChI=1S/C19H16BrN3O2/c20-17-8-16(11-22-12-17)19(24)23-10-14-3-5-18(6-4-14)25-13-15-2-1-7-21-9-15/h1-9,11-12H,10,13H2,(H,23,24). The number of carbonyl (C=O) groups is 1. The van der Waals surface area contributed by atoms with E-state index in [4.69, 9.17) is 4.74 Å². The van der Waals surface area contributed by atoms with Gasteiger partial charge in [0.1, 0.15) is 12.4 Å². The van der Waals surface area contributed by atoms with Crippen LogP contribution in [0, 0.1) is 0 Å². The Morgan fingerprint density at radius 2 is 1.88 bits per heavy atom. The Morgan fingerprint density at radius 3 is 2.60 bits per heavy atom. The molecule has 5 nitrogen and oxygen atoms in total. The summed E-state index contributed by atoms with van der Waals surface area (Å²) in [5.74, 6) is 0.612. The maximum atomic E-state index is 12.1. The number of carbonyl (C=O) groups excluding carboxylic acids is 1. The van der Waals surface area contributed by atoms with Gasteiger partial charge in [0.25, 0.3) is 5.91 Å². The fraction of sp³-hybridized carbons (Fsp3) is 0.105. The maximum absolute atomic E-state index is 12.1. The second-order valence-corrected chi connectivity index (χ2v) is 6.28. The molecule has 6 heteroatoms. The summed E-state index contributed by atoms with van der Waals surface area (Å²) in [6.45, 7) is 0.911. The largest absolute Gasteiger partial charge is 0.489 e. The fourth-order valence-electron chi connectivity index (χ4n) is 2.17. The molecule has 0 saturated carbocycles. The van der Waals surface area contributed by atoms with Crippen LogP contribution in [0.25, 0.3) is 0 Å². The molecule has 0 radical (unpaired) electrons. The summed E-state index contributed by atoms with van der Waals surface area (Å²) < 4.78 is 6.49. The number of nitrogens with one attached hydrogen (secondary N) is 1. The highest BCUT2D eigenvalue weighted by molar-refractivity contribution is 9.10. The van der Waals surface area contributed by atoms with Crippen molar-refractivity contribution in [1.82, 2.24) is 15.3 Å². The number of benzene rings is 1. The third kappa shape index (κ3) is 5.12. The van der Waals surface area contributed by atoms with Crippen molar-refractivity contribution in [2.45, 2.75) is 13.2 Å². The van der Waals surface area contributed by atoms with Crippen molar-refractivity contribution < 1.29 is 9.53 Å². The molecule has 3 rings (SSSR count). The van der Waals surface area contributed by atoms with Crippen LogP contribution in [-0.2, 0) is 13.2 Å². The van der Waals surface area contributed by atoms with Crippen LogP contribution in [0.15, 0.2) is 71.7 Å². The number of amides is 1. The molecule has 0 bridgehead atoms. The molecule has 0 saturated heterocycles. The first-order chi connectivity index (χ1) is 12.2. The third-order valence-corrected chi connectivity index (χ3v) is 3.91. The summed E-state index contributed by atoms with van der Waals surface area (Å²) in [5.41, 5.74) is 2.53. The summed E-state index contributed by atoms with van der Waals surface area (Å²) in [6.07, 6.45) is 6.69. The number of ether oxygens (including phenoxy) is 1. The Kier molecular flexibility index (Phi) is 5.74. The average molecular weight is 398 g/mol. The molecule has 0 unspecified atom stereocenters. The molecule has 1 aromatic carbocycles. The van der Waals surface area contributed by atoms with Crippen molar-refractivity contribution in [3.8, 4) is 5.75 Å². The van der Waals surface area contributed by atoms with E-state index in [0.29, 0.717) is 18.7 Å². The van der Waals surface area contributed by atoms with Gasteiger partial charge in [-0.2, -0.15) is 0 Å². The zero-order valence-corrected chi connectivity index (χ0v) is 14.9. The molecule has 126 valence electrons. The van der Waals surface area contributed by atoms with Crippen molar-refractivity contribution in [1.29, 1.82) is 0 Å². The van der Waals surface area contributed by atoms with Gasteiger partial charge in [-0.25, -0.2) is 0 Å². The zero-order valence-electron chi connectivity index (χ0n) is 13.4. The van der Waals surface area contributed by atoms with E-state index in [1.165, 1.54) is 6.20 Å². The van der Waals surface area contributed by atoms with Crippen molar-refractivity contribution >= 4 is 21.8 Å². The van der Waals surface area contributed by atoms with Gasteiger partial charge in [0, 0.05) is 41.4 Å². The van der Waals surface area contributed by atoms with Crippen LogP contribution in [-0.4, -0.2) is 15.9 Å². The number of aromatic nitrogens is 2. The van der Waals surface area contributed by atoms with Gasteiger partial charge in [-0.3, -0.25) is 14.8 Å². The highest BCUT2D eigenvalue weighted by atomic mass is 79.9.